The van der Waals surface area contributed by atoms with Crippen LogP contribution in [0.25, 0.3) is 0 Å². The monoisotopic (exact) mass is 300 g/mol. The van der Waals surface area contributed by atoms with Crippen molar-refractivity contribution >= 4 is 0 Å². The van der Waals surface area contributed by atoms with E-state index in [1.807, 2.05) is 6.92 Å². The largest absolute Gasteiger partial charge is 0.573 e. The Morgan fingerprint density at radius 2 is 1.95 bits per heavy atom. The molecule has 114 valence electrons. The van der Waals surface area contributed by atoms with Crippen molar-refractivity contribution < 1.29 is 17.9 Å². The summed E-state index contributed by atoms with van der Waals surface area (Å²) in [7, 11) is 0. The maximum absolute atomic E-state index is 12.0. The summed E-state index contributed by atoms with van der Waals surface area (Å²) in [5, 5.41) is 11.1. The molecule has 0 atom stereocenters. The molecule has 0 fully saturated rings. The van der Waals surface area contributed by atoms with Gasteiger partial charge in [-0.2, -0.15) is 0 Å². The van der Waals surface area contributed by atoms with E-state index in [1.54, 1.807) is 23.0 Å². The number of alkyl halides is 3. The van der Waals surface area contributed by atoms with Gasteiger partial charge in [0.25, 0.3) is 0 Å². The maximum atomic E-state index is 12.0. The minimum Gasteiger partial charge on any atom is -0.406 e. The highest BCUT2D eigenvalue weighted by atomic mass is 19.4. The molecule has 2 aromatic rings. The van der Waals surface area contributed by atoms with Crippen LogP contribution in [0, 0.1) is 0 Å². The highest BCUT2D eigenvalue weighted by molar-refractivity contribution is 5.27. The average Bonchev–Trinajstić information content (AvgIpc) is 2.85. The van der Waals surface area contributed by atoms with Crippen molar-refractivity contribution in [1.29, 1.82) is 0 Å². The van der Waals surface area contributed by atoms with Crippen LogP contribution >= 0.6 is 0 Å². The van der Waals surface area contributed by atoms with Crippen molar-refractivity contribution in [2.24, 2.45) is 0 Å². The van der Waals surface area contributed by atoms with Crippen molar-refractivity contribution in [3.63, 3.8) is 0 Å². The summed E-state index contributed by atoms with van der Waals surface area (Å²) in [4.78, 5) is 0. The lowest BCUT2D eigenvalue weighted by Gasteiger charge is -2.09. The van der Waals surface area contributed by atoms with E-state index in [4.69, 9.17) is 0 Å². The van der Waals surface area contributed by atoms with Crippen molar-refractivity contribution in [2.45, 2.75) is 26.4 Å². The lowest BCUT2D eigenvalue weighted by molar-refractivity contribution is -0.274. The maximum Gasteiger partial charge on any atom is 0.573 e. The zero-order chi connectivity index (χ0) is 15.3. The Bertz CT molecular complexity index is 566. The van der Waals surface area contributed by atoms with Gasteiger partial charge >= 0.3 is 6.36 Å². The first-order valence-electron chi connectivity index (χ1n) is 6.40. The predicted octanol–water partition coefficient (Wildman–Crippen LogP) is 2.33. The van der Waals surface area contributed by atoms with Gasteiger partial charge in [-0.15, -0.1) is 18.3 Å². The number of hydrogen-bond acceptors (Lipinski definition) is 4. The molecule has 1 heterocycles. The SMILES string of the molecule is CCNCc1cn(Cc2ccc(OC(F)(F)F)cc2)nn1. The highest BCUT2D eigenvalue weighted by Crippen LogP contribution is 2.22. The molecule has 0 amide bonds. The number of benzene rings is 1. The topological polar surface area (TPSA) is 52.0 Å². The van der Waals surface area contributed by atoms with Crippen LogP contribution < -0.4 is 10.1 Å². The minimum absolute atomic E-state index is 0.238. The summed E-state index contributed by atoms with van der Waals surface area (Å²) in [5.41, 5.74) is 1.62. The third kappa shape index (κ3) is 5.07. The normalized spacial score (nSPS) is 11.6. The summed E-state index contributed by atoms with van der Waals surface area (Å²) in [6.45, 7) is 3.91. The van der Waals surface area contributed by atoms with Gasteiger partial charge in [0.15, 0.2) is 0 Å². The first-order valence-corrected chi connectivity index (χ1v) is 6.40. The third-order valence-corrected chi connectivity index (χ3v) is 2.64. The average molecular weight is 300 g/mol. The molecule has 0 unspecified atom stereocenters. The second kappa shape index (κ2) is 6.57. The molecule has 0 bridgehead atoms. The number of nitrogens with zero attached hydrogens (tertiary/aromatic N) is 3. The van der Waals surface area contributed by atoms with E-state index in [2.05, 4.69) is 20.4 Å². The first-order chi connectivity index (χ1) is 9.96. The Morgan fingerprint density at radius 1 is 1.24 bits per heavy atom. The second-order valence-corrected chi connectivity index (χ2v) is 4.38. The van der Waals surface area contributed by atoms with E-state index in [9.17, 15) is 13.2 Å². The van der Waals surface area contributed by atoms with Crippen LogP contribution in [0.15, 0.2) is 30.5 Å². The van der Waals surface area contributed by atoms with E-state index in [1.165, 1.54) is 12.1 Å². The van der Waals surface area contributed by atoms with Crippen LogP contribution in [0.3, 0.4) is 0 Å². The molecule has 1 aromatic heterocycles. The summed E-state index contributed by atoms with van der Waals surface area (Å²) in [6.07, 6.45) is -2.88. The summed E-state index contributed by atoms with van der Waals surface area (Å²) in [5.74, 6) is -0.238. The van der Waals surface area contributed by atoms with E-state index in [0.717, 1.165) is 17.8 Å². The van der Waals surface area contributed by atoms with Crippen LogP contribution in [-0.2, 0) is 13.1 Å². The zero-order valence-corrected chi connectivity index (χ0v) is 11.4. The van der Waals surface area contributed by atoms with Crippen molar-refractivity contribution in [3.8, 4) is 5.75 Å². The Morgan fingerprint density at radius 3 is 2.57 bits per heavy atom. The fourth-order valence-corrected chi connectivity index (χ4v) is 1.73. The van der Waals surface area contributed by atoms with Gasteiger partial charge in [0, 0.05) is 6.54 Å². The minimum atomic E-state index is -4.67. The van der Waals surface area contributed by atoms with Crippen molar-refractivity contribution in [1.82, 2.24) is 20.3 Å². The molecule has 8 heteroatoms. The molecule has 0 saturated heterocycles. The summed E-state index contributed by atoms with van der Waals surface area (Å²) < 4.78 is 41.6. The van der Waals surface area contributed by atoms with Crippen LogP contribution in [-0.4, -0.2) is 27.9 Å². The number of hydrogen-bond donors (Lipinski definition) is 1. The van der Waals surface area contributed by atoms with Crippen LogP contribution in [0.4, 0.5) is 13.2 Å². The van der Waals surface area contributed by atoms with Gasteiger partial charge in [0.2, 0.25) is 0 Å². The van der Waals surface area contributed by atoms with E-state index in [0.29, 0.717) is 13.1 Å². The van der Waals surface area contributed by atoms with Gasteiger partial charge in [-0.25, -0.2) is 4.68 Å². The van der Waals surface area contributed by atoms with E-state index < -0.39 is 6.36 Å². The molecular formula is C13H15F3N4O. The van der Waals surface area contributed by atoms with Gasteiger partial charge in [0.05, 0.1) is 18.4 Å². The molecule has 21 heavy (non-hydrogen) atoms. The van der Waals surface area contributed by atoms with E-state index >= 15 is 0 Å². The van der Waals surface area contributed by atoms with Gasteiger partial charge in [-0.1, -0.05) is 24.3 Å². The number of nitrogens with one attached hydrogen (secondary N) is 1. The fraction of sp³-hybridized carbons (Fsp3) is 0.385. The lowest BCUT2D eigenvalue weighted by atomic mass is 10.2. The quantitative estimate of drug-likeness (QED) is 0.889. The highest BCUT2D eigenvalue weighted by Gasteiger charge is 2.30. The van der Waals surface area contributed by atoms with Crippen molar-refractivity contribution in [2.75, 3.05) is 6.54 Å². The molecule has 0 aliphatic heterocycles. The molecule has 1 aromatic carbocycles. The van der Waals surface area contributed by atoms with E-state index in [-0.39, 0.29) is 5.75 Å². The first kappa shape index (κ1) is 15.3. The lowest BCUT2D eigenvalue weighted by Crippen LogP contribution is -2.17. The Balaban J connectivity index is 1.95. The number of halogens is 3. The Hall–Kier alpha value is -2.09. The second-order valence-electron chi connectivity index (χ2n) is 4.38. The smallest absolute Gasteiger partial charge is 0.406 e. The van der Waals surface area contributed by atoms with Gasteiger partial charge in [-0.3, -0.25) is 0 Å². The molecule has 0 radical (unpaired) electrons. The summed E-state index contributed by atoms with van der Waals surface area (Å²) >= 11 is 0. The molecule has 1 N–H and O–H groups in total. The van der Waals surface area contributed by atoms with Crippen LogP contribution in [0.1, 0.15) is 18.2 Å². The molecule has 0 saturated carbocycles. The van der Waals surface area contributed by atoms with Crippen molar-refractivity contribution in [3.05, 3.63) is 41.7 Å². The Labute approximate surface area is 119 Å². The molecule has 2 rings (SSSR count). The van der Waals surface area contributed by atoms with Gasteiger partial charge in [0.1, 0.15) is 5.75 Å². The van der Waals surface area contributed by atoms with Gasteiger partial charge < -0.3 is 10.1 Å². The Kier molecular flexibility index (Phi) is 4.79. The fourth-order valence-electron chi connectivity index (χ4n) is 1.73. The molecule has 0 spiro atoms. The standard InChI is InChI=1S/C13H15F3N4O/c1-2-17-7-11-9-20(19-18-11)8-10-3-5-12(6-4-10)21-13(14,15)16/h3-6,9,17H,2,7-8H2,1H3. The third-order valence-electron chi connectivity index (χ3n) is 2.64. The molecule has 0 aliphatic carbocycles. The number of aromatic nitrogens is 3. The zero-order valence-electron chi connectivity index (χ0n) is 11.4. The molecular weight excluding hydrogens is 285 g/mol. The van der Waals surface area contributed by atoms with Crippen LogP contribution in [0.5, 0.6) is 5.75 Å². The summed E-state index contributed by atoms with van der Waals surface area (Å²) in [6, 6.07) is 5.68. The number of rotatable bonds is 6. The van der Waals surface area contributed by atoms with Gasteiger partial charge in [-0.05, 0) is 24.2 Å². The molecule has 5 nitrogen and oxygen atoms in total. The number of ether oxygens (including phenoxy) is 1. The van der Waals surface area contributed by atoms with Crippen LogP contribution in [0.2, 0.25) is 0 Å². The molecule has 0 aliphatic rings. The predicted molar refractivity (Wildman–Crippen MR) is 69.6 cm³/mol.